The molecule has 5 rings (SSSR count). The van der Waals surface area contributed by atoms with Gasteiger partial charge in [-0.05, 0) is 63.9 Å². The minimum atomic E-state index is -3.59. The highest BCUT2D eigenvalue weighted by Gasteiger charge is 2.39. The molecule has 0 saturated carbocycles. The number of nitrogens with zero attached hydrogens (tertiary/aromatic N) is 3. The molecule has 0 bridgehead atoms. The molecule has 43 heavy (non-hydrogen) atoms. The van der Waals surface area contributed by atoms with Crippen LogP contribution in [0.1, 0.15) is 50.0 Å². The Labute approximate surface area is 255 Å². The van der Waals surface area contributed by atoms with Gasteiger partial charge in [0.1, 0.15) is 10.8 Å². The number of hydrogen-bond donors (Lipinski definition) is 4. The Bertz CT molecular complexity index is 1680. The van der Waals surface area contributed by atoms with Gasteiger partial charge in [-0.25, -0.2) is 13.4 Å². The Morgan fingerprint density at radius 3 is 2.58 bits per heavy atom. The van der Waals surface area contributed by atoms with E-state index in [1.165, 1.54) is 12.3 Å². The summed E-state index contributed by atoms with van der Waals surface area (Å²) in [7, 11) is -3.59. The molecule has 2 amide bonds. The third-order valence-electron chi connectivity index (χ3n) is 7.35. The van der Waals surface area contributed by atoms with Crippen LogP contribution >= 0.6 is 11.6 Å². The first-order chi connectivity index (χ1) is 20.3. The van der Waals surface area contributed by atoms with Gasteiger partial charge in [0.2, 0.25) is 11.9 Å². The van der Waals surface area contributed by atoms with Crippen molar-refractivity contribution in [2.45, 2.75) is 69.0 Å². The van der Waals surface area contributed by atoms with E-state index in [2.05, 4.69) is 25.9 Å². The molecule has 3 aromatic rings. The second-order valence-electron chi connectivity index (χ2n) is 11.1. The van der Waals surface area contributed by atoms with Gasteiger partial charge in [0.05, 0.1) is 39.9 Å². The SMILES string of the molecule is CC(C)Oc1cc2c(cc1Nc1ncc(Cl)c(Nc3ccccc3S(=O)(=O)C(C)C)n1)C(=O)N(C1CN[C@H](C(N)=O)C1)C2. The highest BCUT2D eigenvalue weighted by Crippen LogP contribution is 2.38. The van der Waals surface area contributed by atoms with E-state index in [9.17, 15) is 18.0 Å². The zero-order valence-electron chi connectivity index (χ0n) is 24.2. The number of anilines is 4. The predicted molar refractivity (Wildman–Crippen MR) is 164 cm³/mol. The molecule has 3 heterocycles. The van der Waals surface area contributed by atoms with E-state index in [4.69, 9.17) is 22.1 Å². The maximum atomic E-state index is 13.5. The van der Waals surface area contributed by atoms with Gasteiger partial charge in [0.15, 0.2) is 15.7 Å². The van der Waals surface area contributed by atoms with Crippen LogP contribution in [0.3, 0.4) is 0 Å². The highest BCUT2D eigenvalue weighted by atomic mass is 35.5. The third kappa shape index (κ3) is 6.24. The summed E-state index contributed by atoms with van der Waals surface area (Å²) in [4.78, 5) is 35.8. The second-order valence-corrected chi connectivity index (χ2v) is 14.0. The number of nitrogens with two attached hydrogens (primary N) is 1. The topological polar surface area (TPSA) is 169 Å². The van der Waals surface area contributed by atoms with E-state index in [1.54, 1.807) is 43.0 Å². The molecule has 12 nitrogen and oxygen atoms in total. The fourth-order valence-corrected chi connectivity index (χ4v) is 6.45. The first-order valence-corrected chi connectivity index (χ1v) is 15.8. The quantitative estimate of drug-likeness (QED) is 0.260. The van der Waals surface area contributed by atoms with Crippen molar-refractivity contribution in [1.29, 1.82) is 0 Å². The molecule has 2 aromatic carbocycles. The van der Waals surface area contributed by atoms with Crippen LogP contribution in [-0.4, -0.2) is 65.1 Å². The van der Waals surface area contributed by atoms with Crippen LogP contribution in [0.25, 0.3) is 0 Å². The Hall–Kier alpha value is -3.94. The molecule has 2 aliphatic heterocycles. The van der Waals surface area contributed by atoms with Crippen LogP contribution < -0.4 is 26.4 Å². The number of rotatable bonds is 10. The molecule has 5 N–H and O–H groups in total. The van der Waals surface area contributed by atoms with E-state index in [-0.39, 0.29) is 39.7 Å². The lowest BCUT2D eigenvalue weighted by molar-refractivity contribution is -0.119. The number of amides is 2. The van der Waals surface area contributed by atoms with Crippen LogP contribution in [0.15, 0.2) is 47.5 Å². The summed E-state index contributed by atoms with van der Waals surface area (Å²) in [5, 5.41) is 8.82. The van der Waals surface area contributed by atoms with Crippen molar-refractivity contribution in [2.24, 2.45) is 5.73 Å². The van der Waals surface area contributed by atoms with Crippen molar-refractivity contribution in [3.8, 4) is 5.75 Å². The van der Waals surface area contributed by atoms with Crippen LogP contribution in [0, 0.1) is 0 Å². The van der Waals surface area contributed by atoms with Crippen LogP contribution in [-0.2, 0) is 21.2 Å². The standard InChI is InChI=1S/C29H34ClN7O5S/c1-15(2)42-24-9-17-14-37(18-10-23(26(31)38)32-12-18)28(39)19(17)11-22(24)35-29-33-13-20(30)27(36-29)34-21-7-5-6-8-25(21)43(40,41)16(3)4/h5-9,11,13,15-16,18,23,32H,10,12,14H2,1-4H3,(H2,31,38)(H2,33,34,35,36)/t18?,23-/m0/s1. The smallest absolute Gasteiger partial charge is 0.254 e. The van der Waals surface area contributed by atoms with Crippen molar-refractivity contribution in [2.75, 3.05) is 17.2 Å². The average Bonchev–Trinajstić information content (AvgIpc) is 3.56. The number of carbonyl (C=O) groups excluding carboxylic acids is 2. The van der Waals surface area contributed by atoms with Gasteiger partial charge >= 0.3 is 0 Å². The van der Waals surface area contributed by atoms with Crippen molar-refractivity contribution in [3.05, 3.63) is 58.7 Å². The highest BCUT2D eigenvalue weighted by molar-refractivity contribution is 7.92. The normalized spacial score (nSPS) is 18.3. The third-order valence-corrected chi connectivity index (χ3v) is 9.84. The van der Waals surface area contributed by atoms with Crippen LogP contribution in [0.4, 0.5) is 23.1 Å². The molecule has 1 aromatic heterocycles. The van der Waals surface area contributed by atoms with Gasteiger partial charge < -0.3 is 31.3 Å². The fourth-order valence-electron chi connectivity index (χ4n) is 5.11. The number of para-hydroxylation sites is 1. The molecule has 1 saturated heterocycles. The fraction of sp³-hybridized carbons (Fsp3) is 0.379. The molecule has 1 fully saturated rings. The predicted octanol–water partition coefficient (Wildman–Crippen LogP) is 3.76. The summed E-state index contributed by atoms with van der Waals surface area (Å²) >= 11 is 6.41. The number of fused-ring (bicyclic) bond motifs is 1. The van der Waals surface area contributed by atoms with E-state index in [0.29, 0.717) is 42.2 Å². The number of carbonyl (C=O) groups is 2. The van der Waals surface area contributed by atoms with Crippen molar-refractivity contribution in [3.63, 3.8) is 0 Å². The maximum Gasteiger partial charge on any atom is 0.254 e. The maximum absolute atomic E-state index is 13.5. The zero-order chi connectivity index (χ0) is 31.1. The number of ether oxygens (including phenoxy) is 1. The van der Waals surface area contributed by atoms with Gasteiger partial charge in [-0.15, -0.1) is 0 Å². The lowest BCUT2D eigenvalue weighted by Gasteiger charge is -2.22. The van der Waals surface area contributed by atoms with E-state index in [1.807, 2.05) is 19.9 Å². The molecule has 14 heteroatoms. The zero-order valence-corrected chi connectivity index (χ0v) is 25.8. The Balaban J connectivity index is 1.44. The summed E-state index contributed by atoms with van der Waals surface area (Å²) < 4.78 is 32.0. The number of benzene rings is 2. The van der Waals surface area contributed by atoms with E-state index >= 15 is 0 Å². The molecule has 0 aliphatic carbocycles. The molecular formula is C29H34ClN7O5S. The first-order valence-electron chi connectivity index (χ1n) is 13.9. The summed E-state index contributed by atoms with van der Waals surface area (Å²) in [6, 6.07) is 9.43. The Kier molecular flexibility index (Phi) is 8.50. The van der Waals surface area contributed by atoms with Crippen molar-refractivity contribution < 1.29 is 22.7 Å². The van der Waals surface area contributed by atoms with E-state index in [0.717, 1.165) is 5.56 Å². The first kappa shape index (κ1) is 30.5. The molecular weight excluding hydrogens is 594 g/mol. The monoisotopic (exact) mass is 627 g/mol. The summed E-state index contributed by atoms with van der Waals surface area (Å²) in [5.41, 5.74) is 7.56. The minimum Gasteiger partial charge on any atom is -0.489 e. The van der Waals surface area contributed by atoms with Crippen molar-refractivity contribution >= 4 is 56.4 Å². The number of sulfone groups is 1. The largest absolute Gasteiger partial charge is 0.489 e. The molecule has 0 spiro atoms. The van der Waals surface area contributed by atoms with Crippen LogP contribution in [0.5, 0.6) is 5.75 Å². The van der Waals surface area contributed by atoms with E-state index < -0.39 is 27.0 Å². The number of hydrogen-bond acceptors (Lipinski definition) is 10. The lowest BCUT2D eigenvalue weighted by Crippen LogP contribution is -2.36. The van der Waals surface area contributed by atoms with Gasteiger partial charge in [-0.3, -0.25) is 9.59 Å². The van der Waals surface area contributed by atoms with Crippen LogP contribution in [0.2, 0.25) is 5.02 Å². The molecule has 0 radical (unpaired) electrons. The Morgan fingerprint density at radius 1 is 1.16 bits per heavy atom. The second kappa shape index (κ2) is 12.0. The minimum absolute atomic E-state index is 0.128. The molecule has 1 unspecified atom stereocenters. The number of primary amides is 1. The van der Waals surface area contributed by atoms with Gasteiger partial charge in [-0.2, -0.15) is 4.98 Å². The summed E-state index contributed by atoms with van der Waals surface area (Å²) in [6.07, 6.45) is 1.68. The number of halogens is 1. The molecule has 2 aliphatic rings. The summed E-state index contributed by atoms with van der Waals surface area (Å²) in [6.45, 7) is 7.88. The van der Waals surface area contributed by atoms with Gasteiger partial charge in [-0.1, -0.05) is 23.7 Å². The molecule has 228 valence electrons. The number of nitrogens with one attached hydrogen (secondary N) is 3. The molecule has 2 atom stereocenters. The summed E-state index contributed by atoms with van der Waals surface area (Å²) in [5.74, 6) is 0.250. The van der Waals surface area contributed by atoms with Gasteiger partial charge in [0, 0.05) is 24.7 Å². The van der Waals surface area contributed by atoms with Crippen molar-refractivity contribution in [1.82, 2.24) is 20.2 Å². The lowest BCUT2D eigenvalue weighted by atomic mass is 10.1. The number of aromatic nitrogens is 2. The van der Waals surface area contributed by atoms with Gasteiger partial charge in [0.25, 0.3) is 5.91 Å². The average molecular weight is 628 g/mol. The Morgan fingerprint density at radius 2 is 1.91 bits per heavy atom.